The van der Waals surface area contributed by atoms with Crippen molar-refractivity contribution in [3.8, 4) is 11.4 Å². The number of anilines is 1. The number of aryl methyl sites for hydroxylation is 1. The third-order valence-corrected chi connectivity index (χ3v) is 4.91. The maximum atomic E-state index is 12.1. The van der Waals surface area contributed by atoms with Crippen LogP contribution in [0.2, 0.25) is 0 Å². The number of amides is 1. The zero-order valence-electron chi connectivity index (χ0n) is 14.8. The highest BCUT2D eigenvalue weighted by molar-refractivity contribution is 7.99. The van der Waals surface area contributed by atoms with E-state index in [1.54, 1.807) is 12.1 Å². The Bertz CT molecular complexity index is 966. The number of hydrogen-bond acceptors (Lipinski definition) is 5. The average Bonchev–Trinajstić information content (AvgIpc) is 3.02. The zero-order chi connectivity index (χ0) is 19.4. The predicted molar refractivity (Wildman–Crippen MR) is 104 cm³/mol. The van der Waals surface area contributed by atoms with E-state index in [-0.39, 0.29) is 17.2 Å². The van der Waals surface area contributed by atoms with Crippen LogP contribution in [-0.2, 0) is 11.8 Å². The van der Waals surface area contributed by atoms with E-state index < -0.39 is 5.97 Å². The molecule has 0 bridgehead atoms. The zero-order valence-corrected chi connectivity index (χ0v) is 15.7. The quantitative estimate of drug-likeness (QED) is 0.636. The molecule has 2 N–H and O–H groups in total. The normalized spacial score (nSPS) is 10.6. The van der Waals surface area contributed by atoms with Crippen molar-refractivity contribution in [3.63, 3.8) is 0 Å². The fraction of sp³-hybridized carbons (Fsp3) is 0.158. The minimum Gasteiger partial charge on any atom is -0.478 e. The molecule has 138 valence electrons. The molecule has 0 aliphatic heterocycles. The first kappa shape index (κ1) is 18.7. The molecule has 2 aromatic carbocycles. The fourth-order valence-corrected chi connectivity index (χ4v) is 3.13. The Morgan fingerprint density at radius 2 is 1.74 bits per heavy atom. The SMILES string of the molecule is Cc1ccc(-c2nnc(SCC(=O)Nc3ccc(C(=O)O)cc3)n2C)cc1. The lowest BCUT2D eigenvalue weighted by molar-refractivity contribution is -0.113. The summed E-state index contributed by atoms with van der Waals surface area (Å²) in [4.78, 5) is 23.0. The Morgan fingerprint density at radius 3 is 2.37 bits per heavy atom. The van der Waals surface area contributed by atoms with Gasteiger partial charge in [-0.05, 0) is 31.2 Å². The molecule has 3 rings (SSSR count). The molecule has 0 fully saturated rings. The van der Waals surface area contributed by atoms with Crippen LogP contribution in [0.4, 0.5) is 5.69 Å². The van der Waals surface area contributed by atoms with E-state index in [0.717, 1.165) is 11.4 Å². The van der Waals surface area contributed by atoms with Gasteiger partial charge in [0.2, 0.25) is 5.91 Å². The molecule has 0 atom stereocenters. The van der Waals surface area contributed by atoms with Gasteiger partial charge in [0.25, 0.3) is 0 Å². The number of rotatable bonds is 6. The van der Waals surface area contributed by atoms with Gasteiger partial charge in [0.1, 0.15) is 0 Å². The first-order valence-corrected chi connectivity index (χ1v) is 9.15. The first-order valence-electron chi connectivity index (χ1n) is 8.16. The van der Waals surface area contributed by atoms with Crippen LogP contribution in [0, 0.1) is 6.92 Å². The molecule has 0 saturated carbocycles. The molecule has 27 heavy (non-hydrogen) atoms. The molecule has 1 heterocycles. The third kappa shape index (κ3) is 4.53. The van der Waals surface area contributed by atoms with Crippen LogP contribution in [0.25, 0.3) is 11.4 Å². The highest BCUT2D eigenvalue weighted by Crippen LogP contribution is 2.23. The Kier molecular flexibility index (Phi) is 5.56. The van der Waals surface area contributed by atoms with E-state index in [0.29, 0.717) is 10.8 Å². The van der Waals surface area contributed by atoms with E-state index in [1.165, 1.54) is 29.5 Å². The summed E-state index contributed by atoms with van der Waals surface area (Å²) in [6.45, 7) is 2.02. The number of carbonyl (C=O) groups is 2. The molecule has 8 heteroatoms. The number of thioether (sulfide) groups is 1. The molecule has 1 amide bonds. The molecule has 0 unspecified atom stereocenters. The second-order valence-electron chi connectivity index (χ2n) is 5.95. The van der Waals surface area contributed by atoms with Crippen LogP contribution < -0.4 is 5.32 Å². The number of aromatic carboxylic acids is 1. The van der Waals surface area contributed by atoms with Crippen molar-refractivity contribution in [1.82, 2.24) is 14.8 Å². The van der Waals surface area contributed by atoms with Gasteiger partial charge >= 0.3 is 5.97 Å². The van der Waals surface area contributed by atoms with Crippen molar-refractivity contribution in [3.05, 3.63) is 59.7 Å². The van der Waals surface area contributed by atoms with Crippen molar-refractivity contribution in [2.24, 2.45) is 7.05 Å². The van der Waals surface area contributed by atoms with Crippen molar-refractivity contribution in [2.45, 2.75) is 12.1 Å². The van der Waals surface area contributed by atoms with Gasteiger partial charge in [0, 0.05) is 18.3 Å². The lowest BCUT2D eigenvalue weighted by atomic mass is 10.1. The summed E-state index contributed by atoms with van der Waals surface area (Å²) < 4.78 is 1.85. The summed E-state index contributed by atoms with van der Waals surface area (Å²) in [7, 11) is 1.86. The van der Waals surface area contributed by atoms with Crippen molar-refractivity contribution >= 4 is 29.3 Å². The van der Waals surface area contributed by atoms with Crippen LogP contribution in [0.15, 0.2) is 53.7 Å². The highest BCUT2D eigenvalue weighted by atomic mass is 32.2. The van der Waals surface area contributed by atoms with Crippen LogP contribution in [-0.4, -0.2) is 37.5 Å². The Balaban J connectivity index is 1.60. The Labute approximate surface area is 160 Å². The van der Waals surface area contributed by atoms with E-state index in [4.69, 9.17) is 5.11 Å². The summed E-state index contributed by atoms with van der Waals surface area (Å²) in [5, 5.41) is 20.6. The second-order valence-corrected chi connectivity index (χ2v) is 6.89. The van der Waals surface area contributed by atoms with Crippen LogP contribution in [0.1, 0.15) is 15.9 Å². The Morgan fingerprint density at radius 1 is 1.07 bits per heavy atom. The summed E-state index contributed by atoms with van der Waals surface area (Å²) >= 11 is 1.28. The van der Waals surface area contributed by atoms with E-state index >= 15 is 0 Å². The number of aromatic nitrogens is 3. The van der Waals surface area contributed by atoms with E-state index in [2.05, 4.69) is 15.5 Å². The number of carbonyl (C=O) groups excluding carboxylic acids is 1. The highest BCUT2D eigenvalue weighted by Gasteiger charge is 2.13. The van der Waals surface area contributed by atoms with Crippen LogP contribution in [0.3, 0.4) is 0 Å². The number of nitrogens with one attached hydrogen (secondary N) is 1. The molecule has 0 saturated heterocycles. The Hall–Kier alpha value is -3.13. The van der Waals surface area contributed by atoms with Gasteiger partial charge in [-0.15, -0.1) is 10.2 Å². The standard InChI is InChI=1S/C19H18N4O3S/c1-12-3-5-13(6-4-12)17-21-22-19(23(17)2)27-11-16(24)20-15-9-7-14(8-10-15)18(25)26/h3-10H,11H2,1-2H3,(H,20,24)(H,25,26). The molecule has 1 aromatic heterocycles. The lowest BCUT2D eigenvalue weighted by Gasteiger charge is -2.06. The second kappa shape index (κ2) is 8.05. The van der Waals surface area contributed by atoms with Crippen molar-refractivity contribution in [2.75, 3.05) is 11.1 Å². The number of carboxylic acid groups (broad SMARTS) is 1. The van der Waals surface area contributed by atoms with E-state index in [1.807, 2.05) is 42.8 Å². The molecular formula is C19H18N4O3S. The molecule has 7 nitrogen and oxygen atoms in total. The molecule has 0 radical (unpaired) electrons. The number of carboxylic acids is 1. The maximum absolute atomic E-state index is 12.1. The summed E-state index contributed by atoms with van der Waals surface area (Å²) in [6, 6.07) is 14.0. The van der Waals surface area contributed by atoms with Gasteiger partial charge in [-0.2, -0.15) is 0 Å². The van der Waals surface area contributed by atoms with Crippen molar-refractivity contribution < 1.29 is 14.7 Å². The van der Waals surface area contributed by atoms with Gasteiger partial charge in [-0.1, -0.05) is 41.6 Å². The predicted octanol–water partition coefficient (Wildman–Crippen LogP) is 3.22. The molecular weight excluding hydrogens is 364 g/mol. The third-order valence-electron chi connectivity index (χ3n) is 3.89. The van der Waals surface area contributed by atoms with Crippen LogP contribution >= 0.6 is 11.8 Å². The lowest BCUT2D eigenvalue weighted by Crippen LogP contribution is -2.14. The van der Waals surface area contributed by atoms with Gasteiger partial charge in [0.05, 0.1) is 11.3 Å². The first-order chi connectivity index (χ1) is 12.9. The molecule has 3 aromatic rings. The minimum absolute atomic E-state index is 0.167. The fourth-order valence-electron chi connectivity index (χ4n) is 2.42. The summed E-state index contributed by atoms with van der Waals surface area (Å²) in [5.74, 6) is -0.305. The largest absolute Gasteiger partial charge is 0.478 e. The van der Waals surface area contributed by atoms with E-state index in [9.17, 15) is 9.59 Å². The summed E-state index contributed by atoms with van der Waals surface area (Å²) in [5.41, 5.74) is 2.85. The monoisotopic (exact) mass is 382 g/mol. The summed E-state index contributed by atoms with van der Waals surface area (Å²) in [6.07, 6.45) is 0. The smallest absolute Gasteiger partial charge is 0.335 e. The van der Waals surface area contributed by atoms with Crippen LogP contribution in [0.5, 0.6) is 0 Å². The van der Waals surface area contributed by atoms with Gasteiger partial charge in [0.15, 0.2) is 11.0 Å². The minimum atomic E-state index is -1.00. The molecule has 0 aliphatic carbocycles. The number of nitrogens with zero attached hydrogens (tertiary/aromatic N) is 3. The molecule has 0 spiro atoms. The van der Waals surface area contributed by atoms with Crippen molar-refractivity contribution in [1.29, 1.82) is 0 Å². The topological polar surface area (TPSA) is 97.1 Å². The number of hydrogen-bond donors (Lipinski definition) is 2. The molecule has 0 aliphatic rings. The maximum Gasteiger partial charge on any atom is 0.335 e. The average molecular weight is 382 g/mol. The van der Waals surface area contributed by atoms with Gasteiger partial charge in [-0.25, -0.2) is 4.79 Å². The number of benzene rings is 2. The van der Waals surface area contributed by atoms with Gasteiger partial charge in [-0.3, -0.25) is 4.79 Å². The van der Waals surface area contributed by atoms with Gasteiger partial charge < -0.3 is 15.0 Å².